The lowest BCUT2D eigenvalue weighted by Crippen LogP contribution is -2.33. The zero-order chi connectivity index (χ0) is 16.7. The van der Waals surface area contributed by atoms with Crippen molar-refractivity contribution < 1.29 is 14.3 Å². The number of hydrogen-bond acceptors (Lipinski definition) is 4. The second kappa shape index (κ2) is 8.44. The van der Waals surface area contributed by atoms with E-state index in [-0.39, 0.29) is 12.2 Å². The maximum Gasteiger partial charge on any atom is 0.322 e. The molecule has 0 bridgehead atoms. The minimum atomic E-state index is -0.775. The summed E-state index contributed by atoms with van der Waals surface area (Å²) in [6.07, 6.45) is 7.39. The molecule has 1 aromatic carbocycles. The van der Waals surface area contributed by atoms with Gasteiger partial charge in [0.1, 0.15) is 6.04 Å². The molecule has 122 valence electrons. The minimum Gasteiger partial charge on any atom is -0.468 e. The van der Waals surface area contributed by atoms with E-state index < -0.39 is 12.0 Å². The van der Waals surface area contributed by atoms with Gasteiger partial charge in [-0.05, 0) is 30.4 Å². The van der Waals surface area contributed by atoms with Crippen molar-refractivity contribution in [2.24, 2.45) is 5.73 Å². The first-order chi connectivity index (χ1) is 11.1. The van der Waals surface area contributed by atoms with E-state index in [1.807, 2.05) is 24.3 Å². The Morgan fingerprint density at radius 1 is 1.22 bits per heavy atom. The van der Waals surface area contributed by atoms with E-state index in [2.05, 4.69) is 16.9 Å². The number of allylic oxidation sites excluding steroid dienone is 3. The number of nitrogens with two attached hydrogens (primary N) is 1. The van der Waals surface area contributed by atoms with Crippen LogP contribution in [0.25, 0.3) is 0 Å². The van der Waals surface area contributed by atoms with Crippen LogP contribution >= 0.6 is 0 Å². The predicted octanol–water partition coefficient (Wildman–Crippen LogP) is 2.73. The third-order valence-corrected chi connectivity index (χ3v) is 4.02. The van der Waals surface area contributed by atoms with Crippen LogP contribution in [-0.2, 0) is 20.7 Å². The number of ketones is 1. The van der Waals surface area contributed by atoms with Crippen molar-refractivity contribution in [3.8, 4) is 0 Å². The molecule has 1 atom stereocenters. The lowest BCUT2D eigenvalue weighted by Gasteiger charge is -2.16. The first-order valence-electron chi connectivity index (χ1n) is 7.89. The Hall–Kier alpha value is -2.20. The van der Waals surface area contributed by atoms with Gasteiger partial charge in [-0.3, -0.25) is 9.59 Å². The van der Waals surface area contributed by atoms with Crippen LogP contribution in [0.1, 0.15) is 31.2 Å². The smallest absolute Gasteiger partial charge is 0.322 e. The second-order valence-electron chi connectivity index (χ2n) is 5.79. The monoisotopic (exact) mass is 313 g/mol. The number of esters is 1. The summed E-state index contributed by atoms with van der Waals surface area (Å²) in [5, 5.41) is 0. The molecule has 2 rings (SSSR count). The van der Waals surface area contributed by atoms with Crippen molar-refractivity contribution in [2.45, 2.75) is 38.1 Å². The molecule has 0 amide bonds. The van der Waals surface area contributed by atoms with Gasteiger partial charge in [-0.15, -0.1) is 0 Å². The standard InChI is InChI=1S/C19H23NO3/c1-23-19(22)17(20)13-16-11-10-15(12-18(16)21)9-5-8-14-6-3-2-4-7-14/h2-4,6-7,10-11,17H,5,8-9,12-13,20H2,1H3. The van der Waals surface area contributed by atoms with Crippen LogP contribution in [0, 0.1) is 0 Å². The molecule has 0 aliphatic heterocycles. The van der Waals surface area contributed by atoms with Gasteiger partial charge in [-0.2, -0.15) is 0 Å². The molecule has 2 N–H and O–H groups in total. The molecule has 23 heavy (non-hydrogen) atoms. The first kappa shape index (κ1) is 17.2. The molecule has 1 unspecified atom stereocenters. The van der Waals surface area contributed by atoms with Crippen LogP contribution in [0.2, 0.25) is 0 Å². The minimum absolute atomic E-state index is 0.0570. The Kier molecular flexibility index (Phi) is 6.29. The highest BCUT2D eigenvalue weighted by Gasteiger charge is 2.21. The van der Waals surface area contributed by atoms with Gasteiger partial charge < -0.3 is 10.5 Å². The number of methoxy groups -OCH3 is 1. The van der Waals surface area contributed by atoms with Gasteiger partial charge >= 0.3 is 5.97 Å². The maximum atomic E-state index is 12.2. The summed E-state index contributed by atoms with van der Waals surface area (Å²) < 4.78 is 4.59. The fourth-order valence-electron chi connectivity index (χ4n) is 2.68. The van der Waals surface area contributed by atoms with Crippen LogP contribution < -0.4 is 5.73 Å². The van der Waals surface area contributed by atoms with Crippen LogP contribution in [0.3, 0.4) is 0 Å². The summed E-state index contributed by atoms with van der Waals surface area (Å²) in [6, 6.07) is 9.55. The van der Waals surface area contributed by atoms with Gasteiger partial charge in [-0.25, -0.2) is 0 Å². The van der Waals surface area contributed by atoms with Gasteiger partial charge in [0.2, 0.25) is 0 Å². The van der Waals surface area contributed by atoms with Crippen LogP contribution in [0.4, 0.5) is 0 Å². The molecule has 0 fully saturated rings. The Bertz CT molecular complexity index is 617. The normalized spacial score (nSPS) is 15.7. The number of benzene rings is 1. The van der Waals surface area contributed by atoms with Crippen molar-refractivity contribution in [3.05, 3.63) is 59.2 Å². The van der Waals surface area contributed by atoms with Gasteiger partial charge in [0.05, 0.1) is 7.11 Å². The Morgan fingerprint density at radius 3 is 2.61 bits per heavy atom. The van der Waals surface area contributed by atoms with Gasteiger partial charge in [-0.1, -0.05) is 48.1 Å². The third-order valence-electron chi connectivity index (χ3n) is 4.02. The molecule has 1 aromatic rings. The summed E-state index contributed by atoms with van der Waals surface area (Å²) in [4.78, 5) is 23.5. The van der Waals surface area contributed by atoms with Crippen LogP contribution in [-0.4, -0.2) is 24.9 Å². The summed E-state index contributed by atoms with van der Waals surface area (Å²) in [5.41, 5.74) is 8.77. The van der Waals surface area contributed by atoms with Crippen molar-refractivity contribution in [1.82, 2.24) is 0 Å². The highest BCUT2D eigenvalue weighted by Crippen LogP contribution is 2.22. The van der Waals surface area contributed by atoms with Crippen molar-refractivity contribution >= 4 is 11.8 Å². The molecular weight excluding hydrogens is 290 g/mol. The molecule has 1 aliphatic carbocycles. The van der Waals surface area contributed by atoms with Crippen molar-refractivity contribution in [2.75, 3.05) is 7.11 Å². The fourth-order valence-corrected chi connectivity index (χ4v) is 2.68. The van der Waals surface area contributed by atoms with Crippen molar-refractivity contribution in [3.63, 3.8) is 0 Å². The van der Waals surface area contributed by atoms with E-state index in [0.717, 1.165) is 24.8 Å². The number of Topliss-reactive ketones (excluding diaryl/α,β-unsaturated/α-hetero) is 1. The van der Waals surface area contributed by atoms with E-state index >= 15 is 0 Å². The summed E-state index contributed by atoms with van der Waals surface area (Å²) in [7, 11) is 1.30. The van der Waals surface area contributed by atoms with Crippen molar-refractivity contribution in [1.29, 1.82) is 0 Å². The zero-order valence-electron chi connectivity index (χ0n) is 13.5. The largest absolute Gasteiger partial charge is 0.468 e. The second-order valence-corrected chi connectivity index (χ2v) is 5.79. The fraction of sp³-hybridized carbons (Fsp3) is 0.368. The van der Waals surface area contributed by atoms with Gasteiger partial charge in [0.25, 0.3) is 0 Å². The average molecular weight is 313 g/mol. The molecule has 1 aliphatic rings. The number of ether oxygens (including phenoxy) is 1. The molecule has 0 spiro atoms. The number of aryl methyl sites for hydroxylation is 1. The summed E-state index contributed by atoms with van der Waals surface area (Å²) >= 11 is 0. The van der Waals surface area contributed by atoms with E-state index in [0.29, 0.717) is 12.0 Å². The molecule has 4 nitrogen and oxygen atoms in total. The highest BCUT2D eigenvalue weighted by atomic mass is 16.5. The number of carbonyl (C=O) groups is 2. The van der Waals surface area contributed by atoms with Crippen LogP contribution in [0.15, 0.2) is 53.6 Å². The lowest BCUT2D eigenvalue weighted by molar-refractivity contribution is -0.142. The predicted molar refractivity (Wildman–Crippen MR) is 89.8 cm³/mol. The van der Waals surface area contributed by atoms with E-state index in [9.17, 15) is 9.59 Å². The highest BCUT2D eigenvalue weighted by molar-refractivity contribution is 5.99. The average Bonchev–Trinajstić information content (AvgIpc) is 2.57. The number of carbonyl (C=O) groups excluding carboxylic acids is 2. The quantitative estimate of drug-likeness (QED) is 0.786. The lowest BCUT2D eigenvalue weighted by atomic mass is 9.90. The van der Waals surface area contributed by atoms with E-state index in [4.69, 9.17) is 5.73 Å². The Balaban J connectivity index is 1.85. The van der Waals surface area contributed by atoms with Gasteiger partial charge in [0.15, 0.2) is 5.78 Å². The molecule has 0 aromatic heterocycles. The number of hydrogen-bond donors (Lipinski definition) is 1. The topological polar surface area (TPSA) is 69.4 Å². The first-order valence-corrected chi connectivity index (χ1v) is 7.89. The van der Waals surface area contributed by atoms with E-state index in [1.54, 1.807) is 6.08 Å². The molecule has 0 heterocycles. The Morgan fingerprint density at radius 2 is 1.96 bits per heavy atom. The summed E-state index contributed by atoms with van der Waals surface area (Å²) in [6.45, 7) is 0. The van der Waals surface area contributed by atoms with E-state index in [1.165, 1.54) is 12.7 Å². The zero-order valence-corrected chi connectivity index (χ0v) is 13.5. The van der Waals surface area contributed by atoms with Gasteiger partial charge in [0, 0.05) is 12.8 Å². The Labute approximate surface area is 137 Å². The molecule has 0 radical (unpaired) electrons. The molecule has 0 saturated heterocycles. The molecule has 4 heteroatoms. The molecule has 0 saturated carbocycles. The SMILES string of the molecule is COC(=O)C(N)CC1=CC=C(CCCc2ccccc2)CC1=O. The number of rotatable bonds is 7. The molecular formula is C19H23NO3. The van der Waals surface area contributed by atoms with Crippen LogP contribution in [0.5, 0.6) is 0 Å². The third kappa shape index (κ3) is 5.18. The summed E-state index contributed by atoms with van der Waals surface area (Å²) in [5.74, 6) is -0.432. The maximum absolute atomic E-state index is 12.2.